The van der Waals surface area contributed by atoms with Crippen LogP contribution in [0.2, 0.25) is 0 Å². The van der Waals surface area contributed by atoms with E-state index in [1.807, 2.05) is 20.8 Å². The number of aryl methyl sites for hydroxylation is 3. The fraction of sp³-hybridized carbons (Fsp3) is 0.290. The third-order valence-corrected chi connectivity index (χ3v) is 7.93. The first-order valence-corrected chi connectivity index (χ1v) is 13.4. The number of ether oxygens (including phenoxy) is 1. The molecule has 0 atom stereocenters. The Labute approximate surface area is 225 Å². The molecule has 4 aromatic heterocycles. The predicted molar refractivity (Wildman–Crippen MR) is 153 cm³/mol. The van der Waals surface area contributed by atoms with Crippen molar-refractivity contribution >= 4 is 32.8 Å². The molecule has 39 heavy (non-hydrogen) atoms. The zero-order chi connectivity index (χ0) is 26.7. The number of piperidine rings is 1. The molecule has 1 saturated heterocycles. The monoisotopic (exact) mass is 518 g/mol. The number of hydrogen-bond donors (Lipinski definition) is 2. The summed E-state index contributed by atoms with van der Waals surface area (Å²) < 4.78 is 11.4. The SMILES string of the molecule is COc1cc2c(cc1-c1c(C)noc1C)[nH]c1nc(C)nc(-c3cc(C4CCNCC4)nc4ccccc34)c12. The fourth-order valence-corrected chi connectivity index (χ4v) is 6.08. The molecule has 2 N–H and O–H groups in total. The van der Waals surface area contributed by atoms with Crippen molar-refractivity contribution in [2.75, 3.05) is 20.2 Å². The first-order chi connectivity index (χ1) is 19.0. The van der Waals surface area contributed by atoms with Gasteiger partial charge in [-0.2, -0.15) is 0 Å². The van der Waals surface area contributed by atoms with Gasteiger partial charge in [0, 0.05) is 39.0 Å². The minimum absolute atomic E-state index is 0.425. The molecule has 5 heterocycles. The maximum absolute atomic E-state index is 5.90. The topological polar surface area (TPSA) is 102 Å². The van der Waals surface area contributed by atoms with Gasteiger partial charge in [0.1, 0.15) is 23.0 Å². The molecular weight excluding hydrogens is 488 g/mol. The van der Waals surface area contributed by atoms with E-state index in [1.165, 1.54) is 0 Å². The van der Waals surface area contributed by atoms with E-state index in [4.69, 9.17) is 24.2 Å². The van der Waals surface area contributed by atoms with Gasteiger partial charge in [0.05, 0.1) is 35.0 Å². The number of rotatable bonds is 4. The second-order valence-electron chi connectivity index (χ2n) is 10.4. The molecule has 0 saturated carbocycles. The average molecular weight is 519 g/mol. The fourth-order valence-electron chi connectivity index (χ4n) is 6.08. The molecule has 8 heteroatoms. The smallest absolute Gasteiger partial charge is 0.142 e. The molecule has 6 aromatic rings. The van der Waals surface area contributed by atoms with E-state index in [9.17, 15) is 0 Å². The van der Waals surface area contributed by atoms with Crippen LogP contribution in [0.1, 0.15) is 41.7 Å². The molecule has 0 bridgehead atoms. The summed E-state index contributed by atoms with van der Waals surface area (Å²) in [5.74, 6) is 2.64. The minimum atomic E-state index is 0.425. The molecule has 1 aliphatic rings. The molecule has 0 unspecified atom stereocenters. The van der Waals surface area contributed by atoms with Crippen LogP contribution in [-0.4, -0.2) is 45.3 Å². The molecule has 8 nitrogen and oxygen atoms in total. The number of pyridine rings is 1. The van der Waals surface area contributed by atoms with Crippen molar-refractivity contribution in [3.63, 3.8) is 0 Å². The lowest BCUT2D eigenvalue weighted by Gasteiger charge is -2.23. The number of nitrogens with one attached hydrogen (secondary N) is 2. The summed E-state index contributed by atoms with van der Waals surface area (Å²) in [6, 6.07) is 14.8. The Kier molecular flexibility index (Phi) is 5.59. The molecule has 0 aliphatic carbocycles. The Balaban J connectivity index is 1.52. The summed E-state index contributed by atoms with van der Waals surface area (Å²) in [6.07, 6.45) is 2.16. The highest BCUT2D eigenvalue weighted by atomic mass is 16.5. The molecular formula is C31H30N6O2. The number of fused-ring (bicyclic) bond motifs is 4. The summed E-state index contributed by atoms with van der Waals surface area (Å²) >= 11 is 0. The van der Waals surface area contributed by atoms with Crippen LogP contribution in [-0.2, 0) is 0 Å². The summed E-state index contributed by atoms with van der Waals surface area (Å²) in [4.78, 5) is 18.5. The van der Waals surface area contributed by atoms with Crippen LogP contribution in [0.4, 0.5) is 0 Å². The van der Waals surface area contributed by atoms with Gasteiger partial charge in [-0.3, -0.25) is 4.98 Å². The maximum Gasteiger partial charge on any atom is 0.142 e. The molecule has 0 amide bonds. The summed E-state index contributed by atoms with van der Waals surface area (Å²) in [7, 11) is 1.70. The molecule has 1 fully saturated rings. The Morgan fingerprint density at radius 3 is 2.51 bits per heavy atom. The highest BCUT2D eigenvalue weighted by Crippen LogP contribution is 2.42. The third kappa shape index (κ3) is 3.86. The highest BCUT2D eigenvalue weighted by molar-refractivity contribution is 6.15. The van der Waals surface area contributed by atoms with Gasteiger partial charge in [-0.25, -0.2) is 9.97 Å². The van der Waals surface area contributed by atoms with Crippen molar-refractivity contribution in [1.82, 2.24) is 30.4 Å². The first-order valence-electron chi connectivity index (χ1n) is 13.4. The summed E-state index contributed by atoms with van der Waals surface area (Å²) in [5.41, 5.74) is 8.57. The van der Waals surface area contributed by atoms with Gasteiger partial charge in [0.2, 0.25) is 0 Å². The zero-order valence-electron chi connectivity index (χ0n) is 22.6. The second kappa shape index (κ2) is 9.17. The number of aromatic nitrogens is 5. The van der Waals surface area contributed by atoms with E-state index >= 15 is 0 Å². The number of para-hydroxylation sites is 1. The number of hydrogen-bond acceptors (Lipinski definition) is 7. The first kappa shape index (κ1) is 23.8. The molecule has 196 valence electrons. The number of nitrogens with zero attached hydrogens (tertiary/aromatic N) is 4. The van der Waals surface area contributed by atoms with Gasteiger partial charge in [-0.1, -0.05) is 23.4 Å². The van der Waals surface area contributed by atoms with Gasteiger partial charge >= 0.3 is 0 Å². The van der Waals surface area contributed by atoms with Crippen LogP contribution in [0.15, 0.2) is 47.0 Å². The van der Waals surface area contributed by atoms with E-state index in [0.29, 0.717) is 11.7 Å². The van der Waals surface area contributed by atoms with Crippen LogP contribution < -0.4 is 10.1 Å². The zero-order valence-corrected chi connectivity index (χ0v) is 22.6. The molecule has 2 aromatic carbocycles. The van der Waals surface area contributed by atoms with Crippen molar-refractivity contribution in [3.8, 4) is 28.1 Å². The van der Waals surface area contributed by atoms with Crippen molar-refractivity contribution in [3.05, 3.63) is 65.4 Å². The van der Waals surface area contributed by atoms with Gasteiger partial charge < -0.3 is 19.6 Å². The van der Waals surface area contributed by atoms with Crippen molar-refractivity contribution in [2.24, 2.45) is 0 Å². The largest absolute Gasteiger partial charge is 0.496 e. The maximum atomic E-state index is 5.90. The van der Waals surface area contributed by atoms with Gasteiger partial charge in [0.25, 0.3) is 0 Å². The Morgan fingerprint density at radius 2 is 1.74 bits per heavy atom. The van der Waals surface area contributed by atoms with Crippen molar-refractivity contribution in [1.29, 1.82) is 0 Å². The summed E-state index contributed by atoms with van der Waals surface area (Å²) in [5, 5.41) is 10.7. The average Bonchev–Trinajstić information content (AvgIpc) is 3.49. The number of aromatic amines is 1. The standard InChI is InChI=1S/C31H30N6O2/c1-16-28(17(2)39-37-16)23-14-26-22(15-27(23)38-4)29-30(33-18(3)34-31(29)36-26)21-13-25(19-9-11-32-12-10-19)35-24-8-6-5-7-20(21)24/h5-8,13-15,19,32H,9-12H2,1-4H3,(H,33,34,36). The predicted octanol–water partition coefficient (Wildman–Crippen LogP) is 6.38. The normalized spacial score (nSPS) is 14.6. The van der Waals surface area contributed by atoms with Gasteiger partial charge in [0.15, 0.2) is 0 Å². The lowest BCUT2D eigenvalue weighted by atomic mass is 9.91. The second-order valence-corrected chi connectivity index (χ2v) is 10.4. The molecule has 0 radical (unpaired) electrons. The number of H-pyrrole nitrogens is 1. The molecule has 1 aliphatic heterocycles. The van der Waals surface area contributed by atoms with Crippen LogP contribution in [0.5, 0.6) is 5.75 Å². The number of benzene rings is 2. The lowest BCUT2D eigenvalue weighted by Crippen LogP contribution is -2.27. The molecule has 0 spiro atoms. The number of methoxy groups -OCH3 is 1. The van der Waals surface area contributed by atoms with E-state index in [1.54, 1.807) is 7.11 Å². The van der Waals surface area contributed by atoms with Crippen LogP contribution in [0.3, 0.4) is 0 Å². The Hall–Kier alpha value is -4.30. The Morgan fingerprint density at radius 1 is 0.923 bits per heavy atom. The van der Waals surface area contributed by atoms with Crippen LogP contribution in [0.25, 0.3) is 55.2 Å². The van der Waals surface area contributed by atoms with Gasteiger partial charge in [-0.15, -0.1) is 0 Å². The van der Waals surface area contributed by atoms with E-state index in [-0.39, 0.29) is 0 Å². The highest BCUT2D eigenvalue weighted by Gasteiger charge is 2.24. The van der Waals surface area contributed by atoms with Crippen molar-refractivity contribution in [2.45, 2.75) is 39.5 Å². The van der Waals surface area contributed by atoms with E-state index in [2.05, 4.69) is 57.9 Å². The Bertz CT molecular complexity index is 1860. The van der Waals surface area contributed by atoms with Crippen LogP contribution in [0, 0.1) is 20.8 Å². The summed E-state index contributed by atoms with van der Waals surface area (Å²) in [6.45, 7) is 7.84. The lowest BCUT2D eigenvalue weighted by molar-refractivity contribution is 0.393. The third-order valence-electron chi connectivity index (χ3n) is 7.93. The van der Waals surface area contributed by atoms with Gasteiger partial charge in [-0.05, 0) is 71.0 Å². The molecule has 7 rings (SSSR count). The van der Waals surface area contributed by atoms with Crippen molar-refractivity contribution < 1.29 is 9.26 Å². The van der Waals surface area contributed by atoms with E-state index in [0.717, 1.165) is 104 Å². The van der Waals surface area contributed by atoms with E-state index < -0.39 is 0 Å². The quantitative estimate of drug-likeness (QED) is 0.279. The minimum Gasteiger partial charge on any atom is -0.496 e. The van der Waals surface area contributed by atoms with Crippen LogP contribution >= 0.6 is 0 Å².